The average Bonchev–Trinajstić information content (AvgIpc) is 2.95. The molecule has 1 saturated heterocycles. The molecule has 0 aromatic carbocycles. The molecule has 1 aliphatic rings. The molecular weight excluding hydrogens is 660 g/mol. The van der Waals surface area contributed by atoms with Crippen molar-refractivity contribution in [2.45, 2.75) is 18.4 Å². The van der Waals surface area contributed by atoms with E-state index >= 15 is 0 Å². The first-order valence-electron chi connectivity index (χ1n) is 11.8. The summed E-state index contributed by atoms with van der Waals surface area (Å²) in [7, 11) is 0. The number of anilines is 4. The van der Waals surface area contributed by atoms with Gasteiger partial charge in [-0.25, -0.2) is 24.7 Å². The average molecular weight is 685 g/mol. The van der Waals surface area contributed by atoms with Crippen LogP contribution in [0.1, 0.15) is 21.0 Å². The van der Waals surface area contributed by atoms with Crippen LogP contribution in [-0.4, -0.2) is 99.4 Å². The highest BCUT2D eigenvalue weighted by Gasteiger charge is 2.38. The molecule has 25 heteroatoms. The van der Waals surface area contributed by atoms with E-state index in [1.807, 2.05) is 0 Å². The zero-order valence-corrected chi connectivity index (χ0v) is 24.0. The Bertz CT molecular complexity index is 1390. The van der Waals surface area contributed by atoms with Gasteiger partial charge >= 0.3 is 12.1 Å². The lowest BCUT2D eigenvalue weighted by molar-refractivity contribution is -0.192. The third-order valence-electron chi connectivity index (χ3n) is 4.93. The number of alkyl halides is 3. The number of carboxylic acids is 1. The fourth-order valence-corrected chi connectivity index (χ4v) is 3.10. The second-order valence-corrected chi connectivity index (χ2v) is 9.06. The van der Waals surface area contributed by atoms with Gasteiger partial charge in [0.25, 0.3) is 11.8 Å². The highest BCUT2D eigenvalue weighted by molar-refractivity contribution is 6.32. The molecule has 0 bridgehead atoms. The lowest BCUT2D eigenvalue weighted by Gasteiger charge is -2.27. The van der Waals surface area contributed by atoms with Gasteiger partial charge in [-0.05, 0) is 0 Å². The molecule has 246 valence electrons. The standard InChI is InChI=1S/C18H24Cl2N14O4.C2HF3O2/c19-9-13(23)31-11(21)7(29-9)15(35)33-17(25)27-1-5-3-38-6(4-37-5)2-28-18(26)34-16(36)8-12(22)32-14(24)10(20)30-8;3-2(4,5)1(6)7/h5-6H,1-4H2,(H4,21,23,31)(H4,22,24,32)(H3,25,27,33,35)(H3,26,28,34,36);(H,6,7)/t5-,6+;. The zero-order chi connectivity index (χ0) is 34.1. The lowest BCUT2D eigenvalue weighted by atomic mass is 10.3. The van der Waals surface area contributed by atoms with Crippen molar-refractivity contribution >= 4 is 76.2 Å². The third kappa shape index (κ3) is 11.2. The van der Waals surface area contributed by atoms with Crippen LogP contribution in [0.4, 0.5) is 36.4 Å². The number of aromatic nitrogens is 4. The molecule has 2 atom stereocenters. The molecule has 1 fully saturated rings. The number of aliphatic imine (C=N–C) groups is 2. The van der Waals surface area contributed by atoms with Crippen molar-refractivity contribution in [1.82, 2.24) is 30.6 Å². The largest absolute Gasteiger partial charge is 0.490 e. The number of carboxylic acid groups (broad SMARTS) is 1. The summed E-state index contributed by atoms with van der Waals surface area (Å²) in [5, 5.41) is 11.4. The number of aliphatic carboxylic acids is 1. The van der Waals surface area contributed by atoms with E-state index in [9.17, 15) is 22.8 Å². The van der Waals surface area contributed by atoms with Crippen LogP contribution in [0.3, 0.4) is 0 Å². The summed E-state index contributed by atoms with van der Waals surface area (Å²) in [4.78, 5) is 56.5. The van der Waals surface area contributed by atoms with Gasteiger partial charge in [0, 0.05) is 0 Å². The van der Waals surface area contributed by atoms with E-state index in [-0.39, 0.29) is 83.2 Å². The van der Waals surface area contributed by atoms with Crippen molar-refractivity contribution in [1.29, 1.82) is 0 Å². The topological polar surface area (TPSA) is 346 Å². The lowest BCUT2D eigenvalue weighted by Crippen LogP contribution is -2.42. The van der Waals surface area contributed by atoms with E-state index < -0.39 is 36.2 Å². The van der Waals surface area contributed by atoms with Crippen LogP contribution in [0.5, 0.6) is 0 Å². The Balaban J connectivity index is 0.000000900. The molecule has 3 rings (SSSR count). The molecule has 2 amide bonds. The number of nitrogen functional groups attached to an aromatic ring is 4. The molecule has 20 nitrogen and oxygen atoms in total. The predicted octanol–water partition coefficient (Wildman–Crippen LogP) is -1.89. The number of nitrogens with two attached hydrogens (primary N) is 6. The Hall–Kier alpha value is -5.00. The number of ether oxygens (including phenoxy) is 2. The molecule has 2 aromatic rings. The number of guanidine groups is 2. The molecule has 3 heterocycles. The summed E-state index contributed by atoms with van der Waals surface area (Å²) in [6.07, 6.45) is -5.98. The van der Waals surface area contributed by atoms with E-state index in [2.05, 4.69) is 40.6 Å². The maximum atomic E-state index is 12.3. The summed E-state index contributed by atoms with van der Waals surface area (Å²) in [6.45, 7) is 0.464. The van der Waals surface area contributed by atoms with Crippen LogP contribution in [-0.2, 0) is 14.3 Å². The van der Waals surface area contributed by atoms with Gasteiger partial charge in [0.2, 0.25) is 0 Å². The van der Waals surface area contributed by atoms with Crippen molar-refractivity contribution in [3.05, 3.63) is 21.7 Å². The van der Waals surface area contributed by atoms with Gasteiger partial charge in [0.1, 0.15) is 12.2 Å². The third-order valence-corrected chi connectivity index (χ3v) is 5.49. The molecule has 0 saturated carbocycles. The molecule has 2 aromatic heterocycles. The fourth-order valence-electron chi connectivity index (χ4n) is 2.84. The van der Waals surface area contributed by atoms with E-state index in [1.54, 1.807) is 0 Å². The van der Waals surface area contributed by atoms with Crippen molar-refractivity contribution in [2.24, 2.45) is 21.5 Å². The van der Waals surface area contributed by atoms with Crippen LogP contribution >= 0.6 is 23.2 Å². The number of nitrogens with one attached hydrogen (secondary N) is 2. The minimum atomic E-state index is -5.08. The van der Waals surface area contributed by atoms with Gasteiger partial charge in [-0.2, -0.15) is 13.2 Å². The Kier molecular flexibility index (Phi) is 12.6. The number of hydrogen-bond acceptors (Lipinski definition) is 15. The van der Waals surface area contributed by atoms with Crippen LogP contribution < -0.4 is 45.0 Å². The minimum Gasteiger partial charge on any atom is -0.475 e. The normalized spacial score (nSPS) is 17.1. The van der Waals surface area contributed by atoms with E-state index in [0.717, 1.165) is 0 Å². The Labute approximate surface area is 259 Å². The molecule has 0 unspecified atom stereocenters. The van der Waals surface area contributed by atoms with Gasteiger partial charge in [0.05, 0.1) is 26.3 Å². The number of halogens is 5. The number of rotatable bonds is 6. The highest BCUT2D eigenvalue weighted by atomic mass is 35.5. The van der Waals surface area contributed by atoms with Crippen LogP contribution in [0.2, 0.25) is 10.3 Å². The molecule has 45 heavy (non-hydrogen) atoms. The maximum Gasteiger partial charge on any atom is 0.490 e. The second kappa shape index (κ2) is 15.6. The quantitative estimate of drug-likeness (QED) is 0.118. The first-order valence-corrected chi connectivity index (χ1v) is 12.6. The van der Waals surface area contributed by atoms with Crippen molar-refractivity contribution in [2.75, 3.05) is 49.2 Å². The number of nitrogens with zero attached hydrogens (tertiary/aromatic N) is 6. The molecule has 0 spiro atoms. The van der Waals surface area contributed by atoms with Crippen LogP contribution in [0.15, 0.2) is 9.98 Å². The molecular formula is C20H25Cl2F3N14O6. The zero-order valence-electron chi connectivity index (χ0n) is 22.5. The van der Waals surface area contributed by atoms with Gasteiger partial charge in [-0.15, -0.1) is 0 Å². The van der Waals surface area contributed by atoms with Gasteiger partial charge in [-0.1, -0.05) is 23.2 Å². The van der Waals surface area contributed by atoms with Crippen molar-refractivity contribution in [3.8, 4) is 0 Å². The fraction of sp³-hybridized carbons (Fsp3) is 0.350. The number of amides is 2. The summed E-state index contributed by atoms with van der Waals surface area (Å²) in [5.41, 5.74) is 33.2. The SMILES string of the molecule is NC(=NC[C@@H]1CO[C@@H](CN=C(N)NC(=O)c2nc(Cl)c(N)nc2N)CO1)NC(=O)c1nc(Cl)c(N)nc1N.O=C(O)C(F)(F)F. The van der Waals surface area contributed by atoms with E-state index in [1.165, 1.54) is 0 Å². The van der Waals surface area contributed by atoms with Crippen LogP contribution in [0, 0.1) is 0 Å². The monoisotopic (exact) mass is 684 g/mol. The van der Waals surface area contributed by atoms with Gasteiger partial charge in [-0.3, -0.25) is 30.2 Å². The Morgan fingerprint density at radius 1 is 0.778 bits per heavy atom. The molecule has 1 aliphatic heterocycles. The highest BCUT2D eigenvalue weighted by Crippen LogP contribution is 2.18. The number of carbonyl (C=O) groups excluding carboxylic acids is 2. The summed E-state index contributed by atoms with van der Waals surface area (Å²) < 4.78 is 43.1. The van der Waals surface area contributed by atoms with E-state index in [4.69, 9.17) is 77.0 Å². The first-order chi connectivity index (χ1) is 20.9. The molecule has 0 aliphatic carbocycles. The van der Waals surface area contributed by atoms with E-state index in [0.29, 0.717) is 0 Å². The summed E-state index contributed by atoms with van der Waals surface area (Å²) in [5.74, 6) is -5.38. The van der Waals surface area contributed by atoms with Crippen molar-refractivity contribution < 1.29 is 42.1 Å². The van der Waals surface area contributed by atoms with Crippen LogP contribution in [0.25, 0.3) is 0 Å². The minimum absolute atomic E-state index is 0.0799. The number of carbonyl (C=O) groups is 3. The maximum absolute atomic E-state index is 12.3. The van der Waals surface area contributed by atoms with Crippen molar-refractivity contribution in [3.63, 3.8) is 0 Å². The predicted molar refractivity (Wildman–Crippen MR) is 153 cm³/mol. The van der Waals surface area contributed by atoms with Gasteiger partial charge in [0.15, 0.2) is 56.9 Å². The first kappa shape index (κ1) is 36.2. The molecule has 0 radical (unpaired) electrons. The summed E-state index contributed by atoms with van der Waals surface area (Å²) >= 11 is 11.5. The molecule has 15 N–H and O–H groups in total. The Morgan fingerprint density at radius 2 is 1.11 bits per heavy atom. The smallest absolute Gasteiger partial charge is 0.475 e. The summed E-state index contributed by atoms with van der Waals surface area (Å²) in [6, 6.07) is 0. The number of hydrogen-bond donors (Lipinski definition) is 9. The van der Waals surface area contributed by atoms with Gasteiger partial charge < -0.3 is 49.0 Å². The second-order valence-electron chi connectivity index (χ2n) is 8.34. The Morgan fingerprint density at radius 3 is 1.40 bits per heavy atom.